The average Bonchev–Trinajstić information content (AvgIpc) is 2.99. The molecule has 2 rings (SSSR count). The number of nitrogens with two attached hydrogens (primary N) is 1. The van der Waals surface area contributed by atoms with Crippen molar-refractivity contribution in [2.75, 3.05) is 13.7 Å². The monoisotopic (exact) mass is 474 g/mol. The molecule has 8 heteroatoms. The Labute approximate surface area is 168 Å². The number of rotatable bonds is 7. The third-order valence-electron chi connectivity index (χ3n) is 3.19. The van der Waals surface area contributed by atoms with E-state index >= 15 is 0 Å². The van der Waals surface area contributed by atoms with Gasteiger partial charge >= 0.3 is 0 Å². The molecule has 6 nitrogen and oxygen atoms in total. The van der Waals surface area contributed by atoms with Gasteiger partial charge in [-0.25, -0.2) is 0 Å². The van der Waals surface area contributed by atoms with Gasteiger partial charge in [-0.05, 0) is 36.8 Å². The minimum absolute atomic E-state index is 0. The Morgan fingerprint density at radius 1 is 1.24 bits per heavy atom. The number of halogens is 1. The van der Waals surface area contributed by atoms with Crippen LogP contribution < -0.4 is 21.1 Å². The maximum absolute atomic E-state index is 10.8. The Balaban J connectivity index is 0.00000312. The van der Waals surface area contributed by atoms with Crippen molar-refractivity contribution in [2.45, 2.75) is 20.0 Å². The van der Waals surface area contributed by atoms with Crippen LogP contribution in [0.25, 0.3) is 0 Å². The van der Waals surface area contributed by atoms with E-state index in [1.54, 1.807) is 24.5 Å². The summed E-state index contributed by atoms with van der Waals surface area (Å²) in [5.41, 5.74) is 6.10. The maximum atomic E-state index is 10.8. The largest absolute Gasteiger partial charge is 0.484 e. The maximum Gasteiger partial charge on any atom is 0.255 e. The van der Waals surface area contributed by atoms with Crippen molar-refractivity contribution in [1.29, 1.82) is 0 Å². The molecule has 0 aliphatic carbocycles. The number of primary amides is 1. The number of guanidine groups is 1. The molecule has 0 radical (unpaired) electrons. The van der Waals surface area contributed by atoms with Crippen LogP contribution in [0.1, 0.15) is 15.3 Å². The highest BCUT2D eigenvalue weighted by atomic mass is 127. The van der Waals surface area contributed by atoms with Gasteiger partial charge in [0.1, 0.15) is 5.75 Å². The van der Waals surface area contributed by atoms with Crippen molar-refractivity contribution in [3.8, 4) is 5.75 Å². The van der Waals surface area contributed by atoms with Crippen LogP contribution in [0.2, 0.25) is 0 Å². The van der Waals surface area contributed by atoms with Gasteiger partial charge in [-0.2, -0.15) is 0 Å². The van der Waals surface area contributed by atoms with Crippen LogP contribution >= 0.6 is 35.3 Å². The molecule has 2 aromatic rings. The van der Waals surface area contributed by atoms with Crippen molar-refractivity contribution in [3.63, 3.8) is 0 Å². The van der Waals surface area contributed by atoms with Gasteiger partial charge in [0.25, 0.3) is 5.91 Å². The Morgan fingerprint density at radius 3 is 2.64 bits per heavy atom. The van der Waals surface area contributed by atoms with E-state index in [1.165, 1.54) is 9.75 Å². The Kier molecular flexibility index (Phi) is 9.28. The summed E-state index contributed by atoms with van der Waals surface area (Å²) >= 11 is 1.76. The zero-order valence-electron chi connectivity index (χ0n) is 14.2. The van der Waals surface area contributed by atoms with Gasteiger partial charge in [-0.1, -0.05) is 12.1 Å². The molecule has 0 unspecified atom stereocenters. The van der Waals surface area contributed by atoms with E-state index in [9.17, 15) is 4.79 Å². The first-order valence-corrected chi connectivity index (χ1v) is 8.38. The predicted octanol–water partition coefficient (Wildman–Crippen LogP) is 2.40. The lowest BCUT2D eigenvalue weighted by Gasteiger charge is -2.12. The molecule has 136 valence electrons. The minimum Gasteiger partial charge on any atom is -0.484 e. The van der Waals surface area contributed by atoms with E-state index in [0.29, 0.717) is 12.3 Å². The second-order valence-electron chi connectivity index (χ2n) is 5.19. The van der Waals surface area contributed by atoms with Gasteiger partial charge in [0.05, 0.1) is 6.54 Å². The zero-order valence-corrected chi connectivity index (χ0v) is 17.4. The van der Waals surface area contributed by atoms with Crippen molar-refractivity contribution in [2.24, 2.45) is 10.7 Å². The van der Waals surface area contributed by atoms with E-state index < -0.39 is 5.91 Å². The van der Waals surface area contributed by atoms with Crippen LogP contribution in [0, 0.1) is 6.92 Å². The molecule has 0 bridgehead atoms. The first-order valence-electron chi connectivity index (χ1n) is 7.56. The number of hydrogen-bond donors (Lipinski definition) is 3. The summed E-state index contributed by atoms with van der Waals surface area (Å²) in [6.07, 6.45) is 0. The fourth-order valence-electron chi connectivity index (χ4n) is 2.06. The van der Waals surface area contributed by atoms with Crippen LogP contribution in [0.5, 0.6) is 5.75 Å². The average molecular weight is 474 g/mol. The summed E-state index contributed by atoms with van der Waals surface area (Å²) in [5, 5.41) is 6.53. The van der Waals surface area contributed by atoms with Gasteiger partial charge in [0.15, 0.2) is 12.6 Å². The van der Waals surface area contributed by atoms with E-state index in [-0.39, 0.29) is 30.6 Å². The number of nitrogens with zero attached hydrogens (tertiary/aromatic N) is 1. The summed E-state index contributed by atoms with van der Waals surface area (Å²) in [6, 6.07) is 11.7. The smallest absolute Gasteiger partial charge is 0.255 e. The quantitative estimate of drug-likeness (QED) is 0.327. The molecule has 0 fully saturated rings. The SMILES string of the molecule is CN=C(NCc1cccc(OCC(N)=O)c1)NCc1ccc(C)s1.I. The second kappa shape index (κ2) is 10.9. The molecule has 1 amide bonds. The lowest BCUT2D eigenvalue weighted by molar-refractivity contribution is -0.119. The van der Waals surface area contributed by atoms with Crippen LogP contribution in [-0.4, -0.2) is 25.5 Å². The Morgan fingerprint density at radius 2 is 2.00 bits per heavy atom. The lowest BCUT2D eigenvalue weighted by Crippen LogP contribution is -2.36. The summed E-state index contributed by atoms with van der Waals surface area (Å²) in [5.74, 6) is 0.849. The summed E-state index contributed by atoms with van der Waals surface area (Å²) in [7, 11) is 1.74. The highest BCUT2D eigenvalue weighted by Crippen LogP contribution is 2.15. The highest BCUT2D eigenvalue weighted by Gasteiger charge is 2.03. The van der Waals surface area contributed by atoms with Crippen molar-refractivity contribution in [1.82, 2.24) is 10.6 Å². The number of amides is 1. The first-order chi connectivity index (χ1) is 11.6. The molecule has 0 aliphatic heterocycles. The zero-order chi connectivity index (χ0) is 17.4. The normalized spacial score (nSPS) is 10.7. The predicted molar refractivity (Wildman–Crippen MR) is 113 cm³/mol. The van der Waals surface area contributed by atoms with E-state index in [0.717, 1.165) is 18.1 Å². The first kappa shape index (κ1) is 21.2. The number of aryl methyl sites for hydroxylation is 1. The van der Waals surface area contributed by atoms with Crippen LogP contribution in [0.4, 0.5) is 0 Å². The third kappa shape index (κ3) is 7.74. The number of carbonyl (C=O) groups is 1. The molecule has 0 spiro atoms. The second-order valence-corrected chi connectivity index (χ2v) is 6.57. The van der Waals surface area contributed by atoms with E-state index in [1.807, 2.05) is 18.2 Å². The summed E-state index contributed by atoms with van der Waals surface area (Å²) < 4.78 is 5.30. The molecular weight excluding hydrogens is 451 g/mol. The van der Waals surface area contributed by atoms with E-state index in [2.05, 4.69) is 34.7 Å². The third-order valence-corrected chi connectivity index (χ3v) is 4.19. The summed E-state index contributed by atoms with van der Waals surface area (Å²) in [4.78, 5) is 17.5. The molecule has 0 saturated carbocycles. The molecule has 1 aromatic heterocycles. The Bertz CT molecular complexity index is 718. The number of carbonyl (C=O) groups excluding carboxylic acids is 1. The van der Waals surface area contributed by atoms with E-state index in [4.69, 9.17) is 10.5 Å². The van der Waals surface area contributed by atoms with Crippen molar-refractivity contribution >= 4 is 47.2 Å². The number of thiophene rings is 1. The van der Waals surface area contributed by atoms with Crippen LogP contribution in [0.15, 0.2) is 41.4 Å². The Hall–Kier alpha value is -1.81. The lowest BCUT2D eigenvalue weighted by atomic mass is 10.2. The fraction of sp³-hybridized carbons (Fsp3) is 0.294. The highest BCUT2D eigenvalue weighted by molar-refractivity contribution is 14.0. The minimum atomic E-state index is -0.494. The van der Waals surface area contributed by atoms with Gasteiger partial charge in [0, 0.05) is 23.3 Å². The number of nitrogens with one attached hydrogen (secondary N) is 2. The molecular formula is C17H23IN4O2S. The van der Waals surface area contributed by atoms with Crippen LogP contribution in [-0.2, 0) is 17.9 Å². The molecule has 1 aromatic carbocycles. The fourth-order valence-corrected chi connectivity index (χ4v) is 2.89. The number of hydrogen-bond acceptors (Lipinski definition) is 4. The topological polar surface area (TPSA) is 88.7 Å². The van der Waals surface area contributed by atoms with Crippen LogP contribution in [0.3, 0.4) is 0 Å². The van der Waals surface area contributed by atoms with Gasteiger partial charge < -0.3 is 21.1 Å². The standard InChI is InChI=1S/C17H22N4O2S.HI/c1-12-6-7-15(24-12)10-21-17(19-2)20-9-13-4-3-5-14(8-13)23-11-16(18)22;/h3-8H,9-11H2,1-2H3,(H2,18,22)(H2,19,20,21);1H. The number of ether oxygens (including phenoxy) is 1. The van der Waals surface area contributed by atoms with Crippen molar-refractivity contribution in [3.05, 3.63) is 51.7 Å². The van der Waals surface area contributed by atoms with Gasteiger partial charge in [-0.3, -0.25) is 9.79 Å². The summed E-state index contributed by atoms with van der Waals surface area (Å²) in [6.45, 7) is 3.30. The molecule has 25 heavy (non-hydrogen) atoms. The van der Waals surface area contributed by atoms with Gasteiger partial charge in [-0.15, -0.1) is 35.3 Å². The number of benzene rings is 1. The number of aliphatic imine (C=N–C) groups is 1. The molecule has 4 N–H and O–H groups in total. The molecule has 0 saturated heterocycles. The molecule has 1 heterocycles. The molecule has 0 atom stereocenters. The molecule has 0 aliphatic rings. The van der Waals surface area contributed by atoms with Gasteiger partial charge in [0.2, 0.25) is 0 Å². The van der Waals surface area contributed by atoms with Crippen molar-refractivity contribution < 1.29 is 9.53 Å².